The Labute approximate surface area is 104 Å². The number of hydrogen-bond donors (Lipinski definition) is 0. The van der Waals surface area contributed by atoms with Gasteiger partial charge < -0.3 is 0 Å². The third-order valence-electron chi connectivity index (χ3n) is 2.54. The lowest BCUT2D eigenvalue weighted by Crippen LogP contribution is -2.07. The van der Waals surface area contributed by atoms with Crippen LogP contribution in [0.3, 0.4) is 0 Å². The fourth-order valence-electron chi connectivity index (χ4n) is 1.57. The van der Waals surface area contributed by atoms with Crippen molar-refractivity contribution >= 4 is 11.3 Å². The third kappa shape index (κ3) is 2.55. The Hall–Kier alpha value is -1.22. The molecule has 0 atom stereocenters. The molecule has 90 valence electrons. The summed E-state index contributed by atoms with van der Waals surface area (Å²) >= 11 is 1.51. The van der Waals surface area contributed by atoms with Gasteiger partial charge in [0, 0.05) is 15.3 Å². The molecular weight excluding hydrogens is 238 g/mol. The van der Waals surface area contributed by atoms with Gasteiger partial charge in [-0.25, -0.2) is 8.78 Å². The molecule has 0 saturated heterocycles. The molecule has 0 saturated carbocycles. The number of rotatable bonds is 1. The van der Waals surface area contributed by atoms with Gasteiger partial charge in [0.1, 0.15) is 11.6 Å². The number of halogens is 2. The minimum atomic E-state index is -0.410. The maximum Gasteiger partial charge on any atom is 0.132 e. The second-order valence-electron chi connectivity index (χ2n) is 5.04. The molecular formula is C14H14F2S. The highest BCUT2D eigenvalue weighted by Crippen LogP contribution is 2.36. The van der Waals surface area contributed by atoms with Crippen molar-refractivity contribution in [3.63, 3.8) is 0 Å². The van der Waals surface area contributed by atoms with Gasteiger partial charge in [0.05, 0.1) is 0 Å². The highest BCUT2D eigenvalue weighted by atomic mass is 32.1. The smallest absolute Gasteiger partial charge is 0.132 e. The van der Waals surface area contributed by atoms with Crippen LogP contribution in [0.25, 0.3) is 10.4 Å². The largest absolute Gasteiger partial charge is 0.207 e. The van der Waals surface area contributed by atoms with Crippen LogP contribution in [0.2, 0.25) is 0 Å². The normalized spacial score (nSPS) is 11.8. The van der Waals surface area contributed by atoms with Crippen LogP contribution in [-0.2, 0) is 5.41 Å². The Morgan fingerprint density at radius 1 is 1.00 bits per heavy atom. The fraction of sp³-hybridized carbons (Fsp3) is 0.286. The molecule has 0 spiro atoms. The highest BCUT2D eigenvalue weighted by molar-refractivity contribution is 7.15. The van der Waals surface area contributed by atoms with Crippen molar-refractivity contribution in [3.05, 3.63) is 46.8 Å². The topological polar surface area (TPSA) is 0 Å². The Balaban J connectivity index is 2.47. The molecule has 0 fully saturated rings. The van der Waals surface area contributed by atoms with Crippen molar-refractivity contribution in [2.24, 2.45) is 0 Å². The standard InChI is InChI=1S/C14H14F2S/c1-14(2,3)13-7-6-12(17-13)10-8-9(15)4-5-11(10)16/h4-8H,1-3H3. The first-order valence-electron chi connectivity index (χ1n) is 5.43. The van der Waals surface area contributed by atoms with E-state index in [9.17, 15) is 8.78 Å². The molecule has 2 rings (SSSR count). The van der Waals surface area contributed by atoms with Gasteiger partial charge >= 0.3 is 0 Å². The van der Waals surface area contributed by atoms with Crippen molar-refractivity contribution in [1.82, 2.24) is 0 Å². The molecule has 0 N–H and O–H groups in total. The molecule has 0 radical (unpaired) electrons. The summed E-state index contributed by atoms with van der Waals surface area (Å²) in [5.41, 5.74) is 0.373. The van der Waals surface area contributed by atoms with E-state index in [4.69, 9.17) is 0 Å². The molecule has 1 aromatic heterocycles. The van der Waals surface area contributed by atoms with Gasteiger partial charge in [-0.2, -0.15) is 0 Å². The van der Waals surface area contributed by atoms with Gasteiger partial charge in [0.15, 0.2) is 0 Å². The van der Waals surface area contributed by atoms with Crippen molar-refractivity contribution < 1.29 is 8.78 Å². The van der Waals surface area contributed by atoms with Gasteiger partial charge in [0.2, 0.25) is 0 Å². The summed E-state index contributed by atoms with van der Waals surface area (Å²) in [5, 5.41) is 0. The van der Waals surface area contributed by atoms with Crippen LogP contribution in [0.15, 0.2) is 30.3 Å². The average Bonchev–Trinajstić information content (AvgIpc) is 2.70. The van der Waals surface area contributed by atoms with Gasteiger partial charge in [-0.15, -0.1) is 11.3 Å². The summed E-state index contributed by atoms with van der Waals surface area (Å²) in [7, 11) is 0. The van der Waals surface area contributed by atoms with E-state index in [0.717, 1.165) is 15.8 Å². The maximum atomic E-state index is 13.6. The van der Waals surface area contributed by atoms with Gasteiger partial charge in [-0.3, -0.25) is 0 Å². The third-order valence-corrected chi connectivity index (χ3v) is 4.08. The quantitative estimate of drug-likeness (QED) is 0.670. The SMILES string of the molecule is CC(C)(C)c1ccc(-c2cc(F)ccc2F)s1. The van der Waals surface area contributed by atoms with Crippen LogP contribution in [0.1, 0.15) is 25.6 Å². The number of thiophene rings is 1. The van der Waals surface area contributed by atoms with E-state index in [0.29, 0.717) is 5.56 Å². The second kappa shape index (κ2) is 4.22. The van der Waals surface area contributed by atoms with Crippen molar-refractivity contribution in [2.75, 3.05) is 0 Å². The molecule has 17 heavy (non-hydrogen) atoms. The summed E-state index contributed by atoms with van der Waals surface area (Å²) < 4.78 is 26.7. The minimum absolute atomic E-state index is 0.0344. The molecule has 0 aliphatic rings. The van der Waals surface area contributed by atoms with E-state index in [-0.39, 0.29) is 11.2 Å². The van der Waals surface area contributed by atoms with Gasteiger partial charge in [-0.05, 0) is 35.7 Å². The zero-order valence-electron chi connectivity index (χ0n) is 10.1. The summed E-state index contributed by atoms with van der Waals surface area (Å²) in [5.74, 6) is -0.791. The van der Waals surface area contributed by atoms with Crippen LogP contribution in [0.4, 0.5) is 8.78 Å². The minimum Gasteiger partial charge on any atom is -0.207 e. The van der Waals surface area contributed by atoms with Gasteiger partial charge in [-0.1, -0.05) is 20.8 Å². The van der Waals surface area contributed by atoms with Crippen LogP contribution in [-0.4, -0.2) is 0 Å². The van der Waals surface area contributed by atoms with Crippen LogP contribution in [0.5, 0.6) is 0 Å². The molecule has 0 bridgehead atoms. The van der Waals surface area contributed by atoms with Crippen molar-refractivity contribution in [3.8, 4) is 10.4 Å². The summed E-state index contributed by atoms with van der Waals surface area (Å²) in [6.07, 6.45) is 0. The molecule has 0 nitrogen and oxygen atoms in total. The molecule has 3 heteroatoms. The average molecular weight is 252 g/mol. The molecule has 1 aromatic carbocycles. The van der Waals surface area contributed by atoms with Crippen LogP contribution in [0, 0.1) is 11.6 Å². The summed E-state index contributed by atoms with van der Waals surface area (Å²) in [4.78, 5) is 1.93. The highest BCUT2D eigenvalue weighted by Gasteiger charge is 2.17. The Morgan fingerprint density at radius 2 is 1.71 bits per heavy atom. The van der Waals surface area contributed by atoms with E-state index < -0.39 is 5.82 Å². The van der Waals surface area contributed by atoms with Crippen LogP contribution < -0.4 is 0 Å². The Bertz CT molecular complexity index is 535. The molecule has 0 aliphatic carbocycles. The first kappa shape index (κ1) is 12.2. The first-order valence-corrected chi connectivity index (χ1v) is 6.25. The lowest BCUT2D eigenvalue weighted by atomic mass is 9.95. The predicted octanol–water partition coefficient (Wildman–Crippen LogP) is 4.99. The Kier molecular flexibility index (Phi) is 3.04. The zero-order chi connectivity index (χ0) is 12.6. The summed E-state index contributed by atoms with van der Waals surface area (Å²) in [6, 6.07) is 7.37. The van der Waals surface area contributed by atoms with E-state index in [1.165, 1.54) is 23.5 Å². The molecule has 1 heterocycles. The predicted molar refractivity (Wildman–Crippen MR) is 68.4 cm³/mol. The zero-order valence-corrected chi connectivity index (χ0v) is 10.9. The van der Waals surface area contributed by atoms with Crippen molar-refractivity contribution in [2.45, 2.75) is 26.2 Å². The van der Waals surface area contributed by atoms with E-state index >= 15 is 0 Å². The molecule has 0 unspecified atom stereocenters. The lowest BCUT2D eigenvalue weighted by molar-refractivity contribution is 0.603. The van der Waals surface area contributed by atoms with Gasteiger partial charge in [0.25, 0.3) is 0 Å². The number of benzene rings is 1. The monoisotopic (exact) mass is 252 g/mol. The van der Waals surface area contributed by atoms with E-state index in [1.54, 1.807) is 0 Å². The molecule has 2 aromatic rings. The number of hydrogen-bond acceptors (Lipinski definition) is 1. The lowest BCUT2D eigenvalue weighted by Gasteiger charge is -2.15. The van der Waals surface area contributed by atoms with Crippen LogP contribution >= 0.6 is 11.3 Å². The fourth-order valence-corrected chi connectivity index (χ4v) is 2.65. The Morgan fingerprint density at radius 3 is 2.29 bits per heavy atom. The first-order chi connectivity index (χ1) is 7.88. The summed E-state index contributed by atoms with van der Waals surface area (Å²) in [6.45, 7) is 6.31. The van der Waals surface area contributed by atoms with E-state index in [1.807, 2.05) is 12.1 Å². The molecule has 0 amide bonds. The second-order valence-corrected chi connectivity index (χ2v) is 6.12. The molecule has 0 aliphatic heterocycles. The maximum absolute atomic E-state index is 13.6. The van der Waals surface area contributed by atoms with Crippen molar-refractivity contribution in [1.29, 1.82) is 0 Å². The van der Waals surface area contributed by atoms with E-state index in [2.05, 4.69) is 20.8 Å².